The summed E-state index contributed by atoms with van der Waals surface area (Å²) in [5, 5.41) is 0.767. The Hall–Kier alpha value is -2.64. The smallest absolute Gasteiger partial charge is 0.268 e. The van der Waals surface area contributed by atoms with Crippen LogP contribution in [0.1, 0.15) is 53.9 Å². The number of carbonyl (C=O) groups excluding carboxylic acids is 1. The van der Waals surface area contributed by atoms with Crippen LogP contribution in [0.2, 0.25) is 0 Å². The number of hydrazine groups is 1. The van der Waals surface area contributed by atoms with Crippen LogP contribution in [0.3, 0.4) is 0 Å². The largest absolute Gasteiger partial charge is 0.350 e. The molecule has 29 heavy (non-hydrogen) atoms. The Labute approximate surface area is 170 Å². The Bertz CT molecular complexity index is 1130. The van der Waals surface area contributed by atoms with E-state index in [1.807, 2.05) is 48.0 Å². The zero-order chi connectivity index (χ0) is 20.4. The molecule has 2 aromatic carbocycles. The van der Waals surface area contributed by atoms with Gasteiger partial charge in [-0.05, 0) is 42.5 Å². The van der Waals surface area contributed by atoms with Gasteiger partial charge in [-0.25, -0.2) is 8.42 Å². The number of hydrogen-bond donors (Lipinski definition) is 2. The van der Waals surface area contributed by atoms with Crippen molar-refractivity contribution in [3.8, 4) is 0 Å². The first-order chi connectivity index (χ1) is 14.0. The molecule has 1 heterocycles. The minimum atomic E-state index is -3.85. The number of nitrogens with one attached hydrogen (secondary N) is 2. The molecule has 1 saturated carbocycles. The molecule has 0 atom stereocenters. The second-order valence-electron chi connectivity index (χ2n) is 7.63. The Morgan fingerprint density at radius 2 is 1.69 bits per heavy atom. The first-order valence-electron chi connectivity index (χ1n) is 9.92. The molecule has 0 bridgehead atoms. The molecule has 1 aliphatic rings. The van der Waals surface area contributed by atoms with E-state index in [0.717, 1.165) is 23.7 Å². The lowest BCUT2D eigenvalue weighted by atomic mass is 9.84. The van der Waals surface area contributed by atoms with Crippen LogP contribution >= 0.6 is 0 Å². The van der Waals surface area contributed by atoms with Gasteiger partial charge in [-0.1, -0.05) is 49.6 Å². The van der Waals surface area contributed by atoms with Crippen molar-refractivity contribution in [1.29, 1.82) is 0 Å². The topological polar surface area (TPSA) is 80.2 Å². The molecule has 1 aliphatic carbocycles. The number of sulfonamides is 1. The van der Waals surface area contributed by atoms with Gasteiger partial charge in [-0.3, -0.25) is 10.2 Å². The zero-order valence-corrected chi connectivity index (χ0v) is 17.2. The summed E-state index contributed by atoms with van der Waals surface area (Å²) in [6.07, 6.45) is 7.74. The van der Waals surface area contributed by atoms with Crippen molar-refractivity contribution >= 4 is 26.8 Å². The Balaban J connectivity index is 1.46. The van der Waals surface area contributed by atoms with E-state index in [1.165, 1.54) is 24.8 Å². The summed E-state index contributed by atoms with van der Waals surface area (Å²) < 4.78 is 27.0. The van der Waals surface area contributed by atoms with Gasteiger partial charge in [0.15, 0.2) is 0 Å². The van der Waals surface area contributed by atoms with E-state index in [4.69, 9.17) is 0 Å². The number of nitrogens with zero attached hydrogens (tertiary/aromatic N) is 1. The van der Waals surface area contributed by atoms with Gasteiger partial charge in [-0.15, -0.1) is 4.83 Å². The van der Waals surface area contributed by atoms with Crippen LogP contribution in [0.25, 0.3) is 10.9 Å². The normalized spacial score (nSPS) is 15.5. The number of aromatic nitrogens is 1. The molecule has 7 heteroatoms. The third-order valence-corrected chi connectivity index (χ3v) is 6.97. The van der Waals surface area contributed by atoms with E-state index < -0.39 is 15.9 Å². The standard InChI is InChI=1S/C22H25N3O3S/c1-25-15-20(19-9-5-6-10-21(19)25)22(26)23-24-29(27,28)18-13-11-17(12-14-18)16-7-3-2-4-8-16/h5-6,9-16,24H,2-4,7-8H2,1H3,(H,23,26). The fourth-order valence-electron chi connectivity index (χ4n) is 4.12. The minimum absolute atomic E-state index is 0.135. The van der Waals surface area contributed by atoms with Crippen LogP contribution in [0.15, 0.2) is 59.6 Å². The molecule has 0 aliphatic heterocycles. The number of amides is 1. The van der Waals surface area contributed by atoms with E-state index in [9.17, 15) is 13.2 Å². The summed E-state index contributed by atoms with van der Waals surface area (Å²) in [6, 6.07) is 14.5. The highest BCUT2D eigenvalue weighted by Crippen LogP contribution is 2.32. The van der Waals surface area contributed by atoms with E-state index in [0.29, 0.717) is 11.5 Å². The molecule has 3 aromatic rings. The lowest BCUT2D eigenvalue weighted by Crippen LogP contribution is -2.41. The number of benzene rings is 2. The average molecular weight is 412 g/mol. The van der Waals surface area contributed by atoms with Crippen molar-refractivity contribution in [2.24, 2.45) is 7.05 Å². The van der Waals surface area contributed by atoms with Crippen molar-refractivity contribution in [1.82, 2.24) is 14.8 Å². The Kier molecular flexibility index (Phi) is 5.43. The lowest BCUT2D eigenvalue weighted by Gasteiger charge is -2.22. The van der Waals surface area contributed by atoms with E-state index in [1.54, 1.807) is 18.3 Å². The number of hydrogen-bond acceptors (Lipinski definition) is 3. The third kappa shape index (κ3) is 4.06. The maximum atomic E-state index is 12.6. The van der Waals surface area contributed by atoms with Crippen molar-refractivity contribution in [3.63, 3.8) is 0 Å². The molecule has 1 amide bonds. The van der Waals surface area contributed by atoms with E-state index >= 15 is 0 Å². The van der Waals surface area contributed by atoms with Crippen molar-refractivity contribution < 1.29 is 13.2 Å². The maximum absolute atomic E-state index is 12.6. The second-order valence-corrected chi connectivity index (χ2v) is 9.32. The highest BCUT2D eigenvalue weighted by molar-refractivity contribution is 7.89. The third-order valence-electron chi connectivity index (χ3n) is 5.71. The molecule has 0 radical (unpaired) electrons. The average Bonchev–Trinajstić information content (AvgIpc) is 3.10. The van der Waals surface area contributed by atoms with Gasteiger partial charge in [-0.2, -0.15) is 0 Å². The predicted molar refractivity (Wildman–Crippen MR) is 113 cm³/mol. The van der Waals surface area contributed by atoms with Crippen molar-refractivity contribution in [2.75, 3.05) is 0 Å². The summed E-state index contributed by atoms with van der Waals surface area (Å²) in [5.41, 5.74) is 4.83. The van der Waals surface area contributed by atoms with Gasteiger partial charge < -0.3 is 4.57 Å². The molecule has 1 aromatic heterocycles. The molecule has 1 fully saturated rings. The van der Waals surface area contributed by atoms with Gasteiger partial charge in [0, 0.05) is 24.1 Å². The van der Waals surface area contributed by atoms with Crippen LogP contribution in [0.5, 0.6) is 0 Å². The van der Waals surface area contributed by atoms with Crippen LogP contribution in [0.4, 0.5) is 0 Å². The van der Waals surface area contributed by atoms with Gasteiger partial charge in [0.1, 0.15) is 0 Å². The number of fused-ring (bicyclic) bond motifs is 1. The lowest BCUT2D eigenvalue weighted by molar-refractivity contribution is 0.0946. The second kappa shape index (κ2) is 8.00. The van der Waals surface area contributed by atoms with Gasteiger partial charge in [0.2, 0.25) is 0 Å². The summed E-state index contributed by atoms with van der Waals surface area (Å²) in [5.74, 6) is 0.0173. The zero-order valence-electron chi connectivity index (χ0n) is 16.4. The molecule has 2 N–H and O–H groups in total. The van der Waals surface area contributed by atoms with Gasteiger partial charge >= 0.3 is 0 Å². The van der Waals surface area contributed by atoms with Crippen LogP contribution in [-0.2, 0) is 17.1 Å². The Morgan fingerprint density at radius 3 is 2.41 bits per heavy atom. The summed E-state index contributed by atoms with van der Waals surface area (Å²) in [6.45, 7) is 0. The van der Waals surface area contributed by atoms with Crippen LogP contribution in [0, 0.1) is 0 Å². The van der Waals surface area contributed by atoms with Gasteiger partial charge in [0.05, 0.1) is 10.5 Å². The number of carbonyl (C=O) groups is 1. The highest BCUT2D eigenvalue weighted by Gasteiger charge is 2.20. The van der Waals surface area contributed by atoms with E-state index in [2.05, 4.69) is 10.3 Å². The fourth-order valence-corrected chi connectivity index (χ4v) is 4.96. The number of aryl methyl sites for hydroxylation is 1. The highest BCUT2D eigenvalue weighted by atomic mass is 32.2. The molecular formula is C22H25N3O3S. The molecule has 0 unspecified atom stereocenters. The number of rotatable bonds is 5. The first kappa shape index (κ1) is 19.7. The molecule has 0 saturated heterocycles. The van der Waals surface area contributed by atoms with Crippen LogP contribution < -0.4 is 10.3 Å². The molecule has 152 valence electrons. The summed E-state index contributed by atoms with van der Waals surface area (Å²) in [7, 11) is -2.00. The molecular weight excluding hydrogens is 386 g/mol. The minimum Gasteiger partial charge on any atom is -0.350 e. The quantitative estimate of drug-likeness (QED) is 0.626. The Morgan fingerprint density at radius 1 is 1.00 bits per heavy atom. The molecule has 0 spiro atoms. The van der Waals surface area contributed by atoms with Gasteiger partial charge in [0.25, 0.3) is 15.9 Å². The maximum Gasteiger partial charge on any atom is 0.268 e. The molecule has 4 rings (SSSR count). The SMILES string of the molecule is Cn1cc(C(=O)NNS(=O)(=O)c2ccc(C3CCCCC3)cc2)c2ccccc21. The fraction of sp³-hybridized carbons (Fsp3) is 0.318. The predicted octanol–water partition coefficient (Wildman–Crippen LogP) is 3.85. The van der Waals surface area contributed by atoms with E-state index in [-0.39, 0.29) is 4.90 Å². The summed E-state index contributed by atoms with van der Waals surface area (Å²) in [4.78, 5) is 14.9. The molecule has 6 nitrogen and oxygen atoms in total. The summed E-state index contributed by atoms with van der Waals surface area (Å²) >= 11 is 0. The monoisotopic (exact) mass is 411 g/mol. The van der Waals surface area contributed by atoms with Crippen molar-refractivity contribution in [3.05, 3.63) is 65.9 Å². The van der Waals surface area contributed by atoms with Crippen LogP contribution in [-0.4, -0.2) is 18.9 Å². The number of para-hydroxylation sites is 1. The van der Waals surface area contributed by atoms with Crippen molar-refractivity contribution in [2.45, 2.75) is 42.9 Å². The first-order valence-corrected chi connectivity index (χ1v) is 11.4.